The van der Waals surface area contributed by atoms with Crippen LogP contribution in [0.5, 0.6) is 0 Å². The second-order valence-electron chi connectivity index (χ2n) is 5.65. The third-order valence-corrected chi connectivity index (χ3v) is 8.29. The van der Waals surface area contributed by atoms with E-state index in [9.17, 15) is 13.7 Å². The minimum absolute atomic E-state index is 0.189. The second kappa shape index (κ2) is 4.71. The maximum atomic E-state index is 12.4. The van der Waals surface area contributed by atoms with Crippen LogP contribution in [0.4, 0.5) is 5.00 Å². The summed E-state index contributed by atoms with van der Waals surface area (Å²) in [5.41, 5.74) is 1.33. The van der Waals surface area contributed by atoms with Crippen LogP contribution in [0.1, 0.15) is 36.9 Å². The predicted octanol–water partition coefficient (Wildman–Crippen LogP) is 1.87. The van der Waals surface area contributed by atoms with Crippen LogP contribution in [-0.4, -0.2) is 36.4 Å². The number of nitriles is 1. The standard InChI is InChI=1S/C13H17N3O2S2/c1-10-11(9-14)12(19-15-10)16-6-5-13(3-2-4-13)20(17,18)8-7-16/h2-8H2,1H3. The molecule has 20 heavy (non-hydrogen) atoms. The third-order valence-electron chi connectivity index (χ3n) is 4.64. The topological polar surface area (TPSA) is 74.1 Å². The summed E-state index contributed by atoms with van der Waals surface area (Å²) in [6.45, 7) is 3.00. The zero-order valence-electron chi connectivity index (χ0n) is 11.4. The van der Waals surface area contributed by atoms with Crippen LogP contribution < -0.4 is 4.90 Å². The molecule has 1 saturated carbocycles. The van der Waals surface area contributed by atoms with Crippen molar-refractivity contribution < 1.29 is 8.42 Å². The summed E-state index contributed by atoms with van der Waals surface area (Å²) in [7, 11) is -3.02. The van der Waals surface area contributed by atoms with Gasteiger partial charge in [-0.1, -0.05) is 6.42 Å². The van der Waals surface area contributed by atoms with E-state index in [-0.39, 0.29) is 5.75 Å². The van der Waals surface area contributed by atoms with Crippen molar-refractivity contribution >= 4 is 26.4 Å². The number of sulfone groups is 1. The second-order valence-corrected chi connectivity index (χ2v) is 8.91. The molecular formula is C13H17N3O2S2. The van der Waals surface area contributed by atoms with Gasteiger partial charge in [0.25, 0.3) is 0 Å². The average molecular weight is 311 g/mol. The fourth-order valence-corrected chi connectivity index (χ4v) is 6.19. The molecule has 1 saturated heterocycles. The lowest BCUT2D eigenvalue weighted by atomic mass is 9.81. The van der Waals surface area contributed by atoms with Gasteiger partial charge in [0.05, 0.1) is 16.2 Å². The van der Waals surface area contributed by atoms with E-state index in [0.29, 0.717) is 25.1 Å². The van der Waals surface area contributed by atoms with Crippen molar-refractivity contribution in [2.45, 2.75) is 37.4 Å². The Labute approximate surface area is 123 Å². The molecule has 0 bridgehead atoms. The lowest BCUT2D eigenvalue weighted by Gasteiger charge is -2.39. The van der Waals surface area contributed by atoms with Gasteiger partial charge in [0.2, 0.25) is 0 Å². The first kappa shape index (κ1) is 13.8. The lowest BCUT2D eigenvalue weighted by molar-refractivity contribution is 0.324. The molecule has 1 aliphatic carbocycles. The van der Waals surface area contributed by atoms with Gasteiger partial charge >= 0.3 is 0 Å². The molecule has 7 heteroatoms. The number of rotatable bonds is 1. The van der Waals surface area contributed by atoms with Crippen molar-refractivity contribution in [1.29, 1.82) is 5.26 Å². The molecule has 3 rings (SSSR count). The van der Waals surface area contributed by atoms with Crippen LogP contribution in [0.25, 0.3) is 0 Å². The van der Waals surface area contributed by atoms with Crippen LogP contribution in [0.2, 0.25) is 0 Å². The molecule has 0 radical (unpaired) electrons. The van der Waals surface area contributed by atoms with Crippen LogP contribution in [0, 0.1) is 18.3 Å². The van der Waals surface area contributed by atoms with E-state index in [1.54, 1.807) is 0 Å². The van der Waals surface area contributed by atoms with Crippen LogP contribution in [0.3, 0.4) is 0 Å². The number of anilines is 1. The molecule has 1 aromatic heterocycles. The Balaban J connectivity index is 1.90. The highest BCUT2D eigenvalue weighted by Crippen LogP contribution is 2.44. The maximum absolute atomic E-state index is 12.4. The first-order chi connectivity index (χ1) is 9.49. The number of hydrogen-bond acceptors (Lipinski definition) is 6. The van der Waals surface area contributed by atoms with Gasteiger partial charge in [-0.05, 0) is 37.7 Å². The Bertz CT molecular complexity index is 668. The molecule has 5 nitrogen and oxygen atoms in total. The highest BCUT2D eigenvalue weighted by atomic mass is 32.2. The normalized spacial score (nSPS) is 23.9. The predicted molar refractivity (Wildman–Crippen MR) is 78.8 cm³/mol. The van der Waals surface area contributed by atoms with Crippen LogP contribution in [0.15, 0.2) is 0 Å². The minimum Gasteiger partial charge on any atom is -0.360 e. The molecule has 2 heterocycles. The summed E-state index contributed by atoms with van der Waals surface area (Å²) >= 11 is 1.30. The smallest absolute Gasteiger partial charge is 0.157 e. The van der Waals surface area contributed by atoms with Gasteiger partial charge in [-0.2, -0.15) is 9.64 Å². The SMILES string of the molecule is Cc1nsc(N2CCC3(CCC3)S(=O)(=O)CC2)c1C#N. The summed E-state index contributed by atoms with van der Waals surface area (Å²) in [4.78, 5) is 2.04. The molecular weight excluding hydrogens is 294 g/mol. The first-order valence-corrected chi connectivity index (χ1v) is 9.25. The van der Waals surface area contributed by atoms with Crippen molar-refractivity contribution in [2.75, 3.05) is 23.7 Å². The Morgan fingerprint density at radius 3 is 2.70 bits per heavy atom. The number of aryl methyl sites for hydroxylation is 1. The molecule has 1 aromatic rings. The molecule has 1 spiro atoms. The van der Waals surface area contributed by atoms with Gasteiger partial charge in [0.1, 0.15) is 16.6 Å². The van der Waals surface area contributed by atoms with Gasteiger partial charge < -0.3 is 4.90 Å². The molecule has 0 aromatic carbocycles. The minimum atomic E-state index is -3.02. The van der Waals surface area contributed by atoms with Crippen molar-refractivity contribution in [1.82, 2.24) is 4.37 Å². The fourth-order valence-electron chi connectivity index (χ4n) is 3.09. The molecule has 2 fully saturated rings. The first-order valence-electron chi connectivity index (χ1n) is 6.83. The van der Waals surface area contributed by atoms with Gasteiger partial charge in [-0.15, -0.1) is 0 Å². The van der Waals surface area contributed by atoms with E-state index < -0.39 is 14.6 Å². The quantitative estimate of drug-likeness (QED) is 0.791. The maximum Gasteiger partial charge on any atom is 0.157 e. The third kappa shape index (κ3) is 1.93. The monoisotopic (exact) mass is 311 g/mol. The molecule has 0 amide bonds. The van der Waals surface area contributed by atoms with E-state index in [2.05, 4.69) is 10.4 Å². The molecule has 1 aliphatic heterocycles. The van der Waals surface area contributed by atoms with E-state index in [1.807, 2.05) is 11.8 Å². The van der Waals surface area contributed by atoms with Gasteiger partial charge in [0, 0.05) is 13.1 Å². The number of aromatic nitrogens is 1. The highest BCUT2D eigenvalue weighted by Gasteiger charge is 2.49. The lowest BCUT2D eigenvalue weighted by Crippen LogP contribution is -2.46. The molecule has 0 atom stereocenters. The summed E-state index contributed by atoms with van der Waals surface area (Å²) < 4.78 is 28.6. The van der Waals surface area contributed by atoms with Crippen molar-refractivity contribution in [3.05, 3.63) is 11.3 Å². The summed E-state index contributed by atoms with van der Waals surface area (Å²) in [6, 6.07) is 2.19. The summed E-state index contributed by atoms with van der Waals surface area (Å²) in [5, 5.41) is 10.1. The van der Waals surface area contributed by atoms with E-state index in [1.165, 1.54) is 11.5 Å². The molecule has 0 N–H and O–H groups in total. The van der Waals surface area contributed by atoms with Crippen LogP contribution >= 0.6 is 11.5 Å². The number of nitrogens with zero attached hydrogens (tertiary/aromatic N) is 3. The Morgan fingerprint density at radius 1 is 1.35 bits per heavy atom. The van der Waals surface area contributed by atoms with E-state index in [0.717, 1.165) is 30.0 Å². The molecule has 0 unspecified atom stereocenters. The van der Waals surface area contributed by atoms with E-state index >= 15 is 0 Å². The Morgan fingerprint density at radius 2 is 2.10 bits per heavy atom. The molecule has 2 aliphatic rings. The molecule has 108 valence electrons. The summed E-state index contributed by atoms with van der Waals surface area (Å²) in [5.74, 6) is 0.189. The van der Waals surface area contributed by atoms with Gasteiger partial charge in [0.15, 0.2) is 9.84 Å². The van der Waals surface area contributed by atoms with Crippen LogP contribution in [-0.2, 0) is 9.84 Å². The van der Waals surface area contributed by atoms with Gasteiger partial charge in [-0.25, -0.2) is 8.42 Å². The zero-order chi connectivity index (χ0) is 14.4. The van der Waals surface area contributed by atoms with Crippen molar-refractivity contribution in [3.63, 3.8) is 0 Å². The van der Waals surface area contributed by atoms with Gasteiger partial charge in [-0.3, -0.25) is 0 Å². The van der Waals surface area contributed by atoms with Crippen molar-refractivity contribution in [3.8, 4) is 6.07 Å². The Hall–Kier alpha value is -1.13. The van der Waals surface area contributed by atoms with Crippen molar-refractivity contribution in [2.24, 2.45) is 0 Å². The zero-order valence-corrected chi connectivity index (χ0v) is 13.1. The fraction of sp³-hybridized carbons (Fsp3) is 0.692. The van der Waals surface area contributed by atoms with E-state index in [4.69, 9.17) is 0 Å². The average Bonchev–Trinajstić information content (AvgIpc) is 2.64. The number of hydrogen-bond donors (Lipinski definition) is 0. The Kier molecular flexibility index (Phi) is 3.26. The summed E-state index contributed by atoms with van der Waals surface area (Å²) in [6.07, 6.45) is 3.30. The largest absolute Gasteiger partial charge is 0.360 e. The highest BCUT2D eigenvalue weighted by molar-refractivity contribution is 7.92.